The van der Waals surface area contributed by atoms with Crippen molar-refractivity contribution in [2.45, 2.75) is 82.6 Å². The lowest BCUT2D eigenvalue weighted by atomic mass is 9.76. The maximum atomic E-state index is 12.6. The Labute approximate surface area is 154 Å². The molecule has 0 atom stereocenters. The summed E-state index contributed by atoms with van der Waals surface area (Å²) < 4.78 is 37.8. The van der Waals surface area contributed by atoms with Crippen molar-refractivity contribution in [3.8, 4) is 0 Å². The van der Waals surface area contributed by atoms with Gasteiger partial charge in [0.05, 0.1) is 5.56 Å². The molecule has 0 radical (unpaired) electrons. The Hall–Kier alpha value is -1.07. The third-order valence-electron chi connectivity index (χ3n) is 6.28. The first-order valence-electron chi connectivity index (χ1n) is 10.0. The molecule has 3 rings (SSSR count). The number of nitrogens with one attached hydrogen (secondary N) is 1. The highest BCUT2D eigenvalue weighted by Gasteiger charge is 2.30. The van der Waals surface area contributed by atoms with Gasteiger partial charge in [0.15, 0.2) is 0 Å². The molecule has 2 aliphatic rings. The fourth-order valence-electron chi connectivity index (χ4n) is 4.57. The van der Waals surface area contributed by atoms with Crippen molar-refractivity contribution in [3.05, 3.63) is 35.4 Å². The SMILES string of the molecule is NC1CCC(CC2CCC(NCc3ccc(C(F)(F)F)cc3)CC2)CC1. The highest BCUT2D eigenvalue weighted by atomic mass is 19.4. The lowest BCUT2D eigenvalue weighted by molar-refractivity contribution is -0.137. The molecule has 0 aromatic heterocycles. The molecule has 0 heterocycles. The number of benzene rings is 1. The first kappa shape index (κ1) is 19.7. The largest absolute Gasteiger partial charge is 0.416 e. The van der Waals surface area contributed by atoms with Gasteiger partial charge in [-0.05, 0) is 87.3 Å². The van der Waals surface area contributed by atoms with E-state index in [1.807, 2.05) is 0 Å². The van der Waals surface area contributed by atoms with Gasteiger partial charge in [-0.15, -0.1) is 0 Å². The van der Waals surface area contributed by atoms with E-state index in [-0.39, 0.29) is 0 Å². The van der Waals surface area contributed by atoms with Gasteiger partial charge in [-0.2, -0.15) is 13.2 Å². The number of nitrogens with two attached hydrogens (primary N) is 1. The van der Waals surface area contributed by atoms with Crippen LogP contribution in [0.3, 0.4) is 0 Å². The van der Waals surface area contributed by atoms with Crippen LogP contribution in [0.1, 0.15) is 68.9 Å². The van der Waals surface area contributed by atoms with E-state index >= 15 is 0 Å². The van der Waals surface area contributed by atoms with Crippen LogP contribution in [0.2, 0.25) is 0 Å². The number of alkyl halides is 3. The van der Waals surface area contributed by atoms with Crippen molar-refractivity contribution in [1.82, 2.24) is 5.32 Å². The molecule has 5 heteroatoms. The molecule has 1 aromatic rings. The van der Waals surface area contributed by atoms with Gasteiger partial charge in [0.25, 0.3) is 0 Å². The Balaban J connectivity index is 1.36. The van der Waals surface area contributed by atoms with Gasteiger partial charge in [-0.25, -0.2) is 0 Å². The van der Waals surface area contributed by atoms with E-state index in [2.05, 4.69) is 5.32 Å². The molecule has 0 amide bonds. The Morgan fingerprint density at radius 3 is 1.92 bits per heavy atom. The van der Waals surface area contributed by atoms with Crippen LogP contribution in [0.4, 0.5) is 13.2 Å². The summed E-state index contributed by atoms with van der Waals surface area (Å²) in [5, 5.41) is 3.53. The number of rotatable bonds is 5. The smallest absolute Gasteiger partial charge is 0.328 e. The van der Waals surface area contributed by atoms with Crippen LogP contribution in [0.15, 0.2) is 24.3 Å². The van der Waals surface area contributed by atoms with Crippen molar-refractivity contribution in [3.63, 3.8) is 0 Å². The average Bonchev–Trinajstić information content (AvgIpc) is 2.63. The molecule has 0 bridgehead atoms. The number of hydrogen-bond donors (Lipinski definition) is 2. The van der Waals surface area contributed by atoms with E-state index in [4.69, 9.17) is 5.73 Å². The molecule has 0 aliphatic heterocycles. The van der Waals surface area contributed by atoms with Gasteiger partial charge >= 0.3 is 6.18 Å². The summed E-state index contributed by atoms with van der Waals surface area (Å²) in [6.07, 6.45) is 6.98. The van der Waals surface area contributed by atoms with Crippen molar-refractivity contribution in [2.24, 2.45) is 17.6 Å². The van der Waals surface area contributed by atoms with E-state index in [0.717, 1.165) is 17.4 Å². The van der Waals surface area contributed by atoms with Gasteiger partial charge in [0.1, 0.15) is 0 Å². The Morgan fingerprint density at radius 2 is 1.38 bits per heavy atom. The van der Waals surface area contributed by atoms with Crippen LogP contribution in [0.5, 0.6) is 0 Å². The Morgan fingerprint density at radius 1 is 0.846 bits per heavy atom. The van der Waals surface area contributed by atoms with E-state index in [0.29, 0.717) is 18.6 Å². The van der Waals surface area contributed by atoms with E-state index in [1.54, 1.807) is 12.1 Å². The Kier molecular flexibility index (Phi) is 6.62. The van der Waals surface area contributed by atoms with Crippen molar-refractivity contribution < 1.29 is 13.2 Å². The lowest BCUT2D eigenvalue weighted by Crippen LogP contribution is -2.33. The molecule has 0 unspecified atom stereocenters. The minimum atomic E-state index is -4.26. The maximum absolute atomic E-state index is 12.6. The second-order valence-electron chi connectivity index (χ2n) is 8.31. The lowest BCUT2D eigenvalue weighted by Gasteiger charge is -2.33. The predicted octanol–water partition coefficient (Wildman–Crippen LogP) is 5.26. The van der Waals surface area contributed by atoms with Crippen LogP contribution in [-0.2, 0) is 12.7 Å². The first-order chi connectivity index (χ1) is 12.4. The highest BCUT2D eigenvalue weighted by Crippen LogP contribution is 2.35. The Bertz CT molecular complexity index is 539. The monoisotopic (exact) mass is 368 g/mol. The summed E-state index contributed by atoms with van der Waals surface area (Å²) in [6, 6.07) is 6.42. The van der Waals surface area contributed by atoms with Crippen LogP contribution >= 0.6 is 0 Å². The van der Waals surface area contributed by atoms with Crippen molar-refractivity contribution in [2.75, 3.05) is 0 Å². The number of halogens is 3. The van der Waals surface area contributed by atoms with E-state index < -0.39 is 11.7 Å². The predicted molar refractivity (Wildman–Crippen MR) is 98.6 cm³/mol. The molecule has 2 saturated carbocycles. The zero-order chi connectivity index (χ0) is 18.6. The fraction of sp³-hybridized carbons (Fsp3) is 0.714. The molecule has 0 spiro atoms. The van der Waals surface area contributed by atoms with Gasteiger partial charge in [0, 0.05) is 18.6 Å². The van der Waals surface area contributed by atoms with Gasteiger partial charge in [-0.3, -0.25) is 0 Å². The van der Waals surface area contributed by atoms with Gasteiger partial charge < -0.3 is 11.1 Å². The van der Waals surface area contributed by atoms with Crippen molar-refractivity contribution >= 4 is 0 Å². The zero-order valence-corrected chi connectivity index (χ0v) is 15.4. The second-order valence-corrected chi connectivity index (χ2v) is 8.31. The minimum Gasteiger partial charge on any atom is -0.328 e. The molecular weight excluding hydrogens is 337 g/mol. The zero-order valence-electron chi connectivity index (χ0n) is 15.4. The van der Waals surface area contributed by atoms with E-state index in [9.17, 15) is 13.2 Å². The standard InChI is InChI=1S/C21H31F3N2/c22-21(23,24)18-7-1-17(2-8-18)14-26-20-11-5-16(6-12-20)13-15-3-9-19(25)10-4-15/h1-2,7-8,15-16,19-20,26H,3-6,9-14,25H2. The van der Waals surface area contributed by atoms with Crippen LogP contribution in [0.25, 0.3) is 0 Å². The topological polar surface area (TPSA) is 38.0 Å². The fourth-order valence-corrected chi connectivity index (χ4v) is 4.57. The summed E-state index contributed by atoms with van der Waals surface area (Å²) >= 11 is 0. The van der Waals surface area contributed by atoms with Gasteiger partial charge in [-0.1, -0.05) is 12.1 Å². The quantitative estimate of drug-likeness (QED) is 0.744. The molecule has 2 nitrogen and oxygen atoms in total. The molecule has 2 aliphatic carbocycles. The normalized spacial score (nSPS) is 30.3. The van der Waals surface area contributed by atoms with Crippen LogP contribution < -0.4 is 11.1 Å². The minimum absolute atomic E-state index is 0.427. The van der Waals surface area contributed by atoms with Crippen LogP contribution in [0, 0.1) is 11.8 Å². The summed E-state index contributed by atoms with van der Waals surface area (Å²) in [4.78, 5) is 0. The molecule has 0 saturated heterocycles. The second kappa shape index (κ2) is 8.75. The summed E-state index contributed by atoms with van der Waals surface area (Å²) in [5.74, 6) is 1.72. The van der Waals surface area contributed by atoms with Crippen molar-refractivity contribution in [1.29, 1.82) is 0 Å². The van der Waals surface area contributed by atoms with Crippen LogP contribution in [-0.4, -0.2) is 12.1 Å². The molecular formula is C21H31F3N2. The third-order valence-corrected chi connectivity index (χ3v) is 6.28. The molecule has 2 fully saturated rings. The molecule has 26 heavy (non-hydrogen) atoms. The average molecular weight is 368 g/mol. The first-order valence-corrected chi connectivity index (χ1v) is 10.0. The molecule has 146 valence electrons. The maximum Gasteiger partial charge on any atom is 0.416 e. The molecule has 3 N–H and O–H groups in total. The van der Waals surface area contributed by atoms with E-state index in [1.165, 1.54) is 69.9 Å². The summed E-state index contributed by atoms with van der Waals surface area (Å²) in [7, 11) is 0. The third kappa shape index (κ3) is 5.71. The summed E-state index contributed by atoms with van der Waals surface area (Å²) in [5.41, 5.74) is 6.33. The number of hydrogen-bond acceptors (Lipinski definition) is 2. The highest BCUT2D eigenvalue weighted by molar-refractivity contribution is 5.24. The van der Waals surface area contributed by atoms with Gasteiger partial charge in [0.2, 0.25) is 0 Å². The molecule has 1 aromatic carbocycles. The summed E-state index contributed by atoms with van der Waals surface area (Å²) in [6.45, 7) is 0.647.